The Kier molecular flexibility index (Phi) is 10.4. The largest absolute Gasteiger partial charge is 0.455 e. The van der Waals surface area contributed by atoms with Gasteiger partial charge in [-0.15, -0.1) is 21.9 Å². The highest BCUT2D eigenvalue weighted by molar-refractivity contribution is 7.29. The summed E-state index contributed by atoms with van der Waals surface area (Å²) >= 11 is 0. The molecule has 3 fully saturated rings. The summed E-state index contributed by atoms with van der Waals surface area (Å²) in [7, 11) is 66.9. The van der Waals surface area contributed by atoms with E-state index in [-0.39, 0.29) is 53.2 Å². The van der Waals surface area contributed by atoms with Gasteiger partial charge in [0.15, 0.2) is 0 Å². The number of nitrogens with zero attached hydrogens (tertiary/aromatic N) is 2. The molecule has 0 aromatic heterocycles. The van der Waals surface area contributed by atoms with Crippen molar-refractivity contribution in [3.63, 3.8) is 0 Å². The lowest BCUT2D eigenvalue weighted by Gasteiger charge is -2.27. The molecule has 3 aliphatic rings. The molecular formula is C24H15B18N2O. The second-order valence-electron chi connectivity index (χ2n) is 12.5. The number of ether oxygens (including phenoxy) is 1. The molecule has 0 spiro atoms. The van der Waals surface area contributed by atoms with Gasteiger partial charge in [-0.05, 0) is 48.1 Å². The van der Waals surface area contributed by atoms with Gasteiger partial charge >= 0.3 is 0 Å². The van der Waals surface area contributed by atoms with Crippen molar-refractivity contribution in [2.45, 2.75) is 58.1 Å². The molecule has 2 aliphatic heterocycles. The van der Waals surface area contributed by atoms with E-state index in [0.717, 1.165) is 16.7 Å². The predicted octanol–water partition coefficient (Wildman–Crippen LogP) is -1.49. The van der Waals surface area contributed by atoms with Crippen LogP contribution in [0.15, 0.2) is 30.3 Å². The average Bonchev–Trinajstić information content (AvgIpc) is 3.98. The van der Waals surface area contributed by atoms with Gasteiger partial charge in [-0.25, -0.2) is 0 Å². The van der Waals surface area contributed by atoms with Crippen LogP contribution in [-0.2, 0) is 19.3 Å². The lowest BCUT2D eigenvalue weighted by molar-refractivity contribution is 0.466. The monoisotopic (exact) mass is 536 g/mol. The van der Waals surface area contributed by atoms with E-state index in [9.17, 15) is 10.5 Å². The van der Waals surface area contributed by atoms with Crippen molar-refractivity contribution in [1.82, 2.24) is 0 Å². The quantitative estimate of drug-likeness (QED) is 0.262. The molecule has 0 amide bonds. The Morgan fingerprint density at radius 2 is 1.27 bits per heavy atom. The molecule has 1 aliphatic carbocycles. The first-order chi connectivity index (χ1) is 21.6. The summed E-state index contributed by atoms with van der Waals surface area (Å²) in [6.45, 7) is -0.610. The van der Waals surface area contributed by atoms with Crippen LogP contribution in [0.1, 0.15) is 27.8 Å². The van der Waals surface area contributed by atoms with Crippen LogP contribution in [0, 0.1) is 22.7 Å². The van der Waals surface area contributed by atoms with E-state index < -0.39 is 15.7 Å². The van der Waals surface area contributed by atoms with Crippen LogP contribution in [0.5, 0.6) is 11.5 Å². The van der Waals surface area contributed by atoms with Crippen LogP contribution in [0.2, 0.25) is 38.8 Å². The topological polar surface area (TPSA) is 56.8 Å². The van der Waals surface area contributed by atoms with E-state index in [0.29, 0.717) is 25.0 Å². The first kappa shape index (κ1) is 34.7. The molecule has 6 unspecified atom stereocenters. The third-order valence-corrected chi connectivity index (χ3v) is 10.6. The maximum atomic E-state index is 9.99. The minimum Gasteiger partial charge on any atom is -0.455 e. The second kappa shape index (κ2) is 13.5. The number of nitriles is 2. The average molecular weight is 535 g/mol. The van der Waals surface area contributed by atoms with Crippen LogP contribution in [0.3, 0.4) is 0 Å². The Hall–Kier alpha value is -1.61. The van der Waals surface area contributed by atoms with Crippen LogP contribution >= 0.6 is 0 Å². The van der Waals surface area contributed by atoms with Gasteiger partial charge in [0.1, 0.15) is 29.2 Å². The first-order valence-electron chi connectivity index (χ1n) is 14.8. The van der Waals surface area contributed by atoms with Gasteiger partial charge in [-0.3, -0.25) is 0 Å². The third kappa shape index (κ3) is 5.67. The highest BCUT2D eigenvalue weighted by Gasteiger charge is 2.61. The van der Waals surface area contributed by atoms with E-state index >= 15 is 0 Å². The predicted molar refractivity (Wildman–Crippen MR) is 200 cm³/mol. The molecule has 181 valence electrons. The molecule has 21 heteroatoms. The van der Waals surface area contributed by atoms with Crippen molar-refractivity contribution in [3.8, 4) is 23.6 Å². The zero-order chi connectivity index (χ0) is 32.7. The fourth-order valence-corrected chi connectivity index (χ4v) is 7.58. The normalized spacial score (nSPS) is 30.5. The second-order valence-corrected chi connectivity index (χ2v) is 12.5. The molecule has 6 atom stereocenters. The fourth-order valence-electron chi connectivity index (χ4n) is 7.58. The lowest BCUT2D eigenvalue weighted by atomic mass is 8.78. The lowest BCUT2D eigenvalue weighted by Crippen LogP contribution is -2.20. The maximum absolute atomic E-state index is 9.99. The summed E-state index contributed by atoms with van der Waals surface area (Å²) < 4.78 is 6.63. The van der Waals surface area contributed by atoms with E-state index in [1.54, 1.807) is 68.4 Å². The Morgan fingerprint density at radius 1 is 0.733 bits per heavy atom. The highest BCUT2D eigenvalue weighted by atomic mass is 16.5. The molecule has 2 aromatic rings. The smallest absolute Gasteiger partial charge is 0.146 e. The van der Waals surface area contributed by atoms with Gasteiger partial charge in [-0.2, -0.15) is 10.5 Å². The van der Waals surface area contributed by atoms with E-state index in [2.05, 4.69) is 12.1 Å². The summed E-state index contributed by atoms with van der Waals surface area (Å²) in [5, 5.41) is 17.9. The van der Waals surface area contributed by atoms with Crippen molar-refractivity contribution < 1.29 is 4.74 Å². The Labute approximate surface area is 287 Å². The molecular weight excluding hydrogens is 520 g/mol. The van der Waals surface area contributed by atoms with Crippen molar-refractivity contribution in [2.75, 3.05) is 0 Å². The zero-order valence-corrected chi connectivity index (χ0v) is 25.0. The first-order valence-corrected chi connectivity index (χ1v) is 14.8. The molecule has 1 saturated carbocycles. The summed E-state index contributed by atoms with van der Waals surface area (Å²) in [5.41, 5.74) is 2.50. The number of rotatable bonds is 15. The van der Waals surface area contributed by atoms with Gasteiger partial charge in [0.25, 0.3) is 0 Å². The van der Waals surface area contributed by atoms with Crippen molar-refractivity contribution in [2.24, 2.45) is 0 Å². The van der Waals surface area contributed by atoms with E-state index in [1.807, 2.05) is 12.1 Å². The van der Waals surface area contributed by atoms with Gasteiger partial charge < -0.3 is 4.74 Å². The molecule has 0 N–H and O–H groups in total. The molecule has 25 radical (unpaired) electrons. The minimum absolute atomic E-state index is 0.0316. The van der Waals surface area contributed by atoms with E-state index in [4.69, 9.17) is 74.4 Å². The zero-order valence-electron chi connectivity index (χ0n) is 25.0. The van der Waals surface area contributed by atoms with E-state index in [1.165, 1.54) is 0 Å². The van der Waals surface area contributed by atoms with Crippen LogP contribution in [0.4, 0.5) is 0 Å². The summed E-state index contributed by atoms with van der Waals surface area (Å²) in [5.74, 6) is 0.659. The number of hydrogen-bond donors (Lipinski definition) is 0. The molecule has 0 bridgehead atoms. The summed E-state index contributed by atoms with van der Waals surface area (Å²) in [6.07, 6.45) is 1.30. The molecule has 2 heterocycles. The van der Waals surface area contributed by atoms with Gasteiger partial charge in [0.2, 0.25) is 0 Å². The fraction of sp³-hybridized carbons (Fsp3) is 0.417. The van der Waals surface area contributed by atoms with Gasteiger partial charge in [-0.1, -0.05) is 35.1 Å². The number of hydrogen-bond acceptors (Lipinski definition) is 3. The Balaban J connectivity index is 1.69. The molecule has 2 saturated heterocycles. The highest BCUT2D eigenvalue weighted by Crippen LogP contribution is 2.74. The molecule has 45 heavy (non-hydrogen) atoms. The SMILES string of the molecule is [B][10B]C1[10B]([B])C1([10B][B])Cc1cc(CC2([10B][B])C([10B][B])C2[10B][B])cc(CC2([10B][B])[10B]([B])C2[10B][B])c1Oc1cccc(C#N)c1C#N. The third-order valence-electron chi connectivity index (χ3n) is 10.6. The summed E-state index contributed by atoms with van der Waals surface area (Å²) in [6, 6.07) is 13.1. The molecule has 5 rings (SSSR count). The van der Waals surface area contributed by atoms with Crippen molar-refractivity contribution >= 4 is 133 Å². The van der Waals surface area contributed by atoms with Gasteiger partial charge in [0.05, 0.1) is 54.6 Å². The maximum Gasteiger partial charge on any atom is 0.146 e. The summed E-state index contributed by atoms with van der Waals surface area (Å²) in [4.78, 5) is 0. The van der Waals surface area contributed by atoms with Crippen LogP contribution < -0.4 is 4.74 Å². The van der Waals surface area contributed by atoms with Crippen LogP contribution in [0.25, 0.3) is 0 Å². The minimum atomic E-state index is -0.630. The van der Waals surface area contributed by atoms with Crippen molar-refractivity contribution in [3.05, 3.63) is 58.1 Å². The van der Waals surface area contributed by atoms with Crippen LogP contribution in [-0.4, -0.2) is 133 Å². The Morgan fingerprint density at radius 3 is 1.64 bits per heavy atom. The van der Waals surface area contributed by atoms with Gasteiger partial charge in [0, 0.05) is 84.0 Å². The molecule has 3 nitrogen and oxygen atoms in total. The number of benzene rings is 2. The Bertz CT molecular complexity index is 1450. The standard InChI is InChI=1S/C24H15B18N2O/c25-34-18-19(35-26)22(18,38-29)6-11-4-13(7-23(39-30)20(36-27)41(23)32)17(45-16-3-1-2-12(9-43)15(16)10-44)14(5-11)8-24(40-31)21(37-28)42(24)33/h1-5,18-21H,6-8H2/i34-1,35-1,36-1,37-1,38-1,39-1,40-1,41-1,42-1. The molecule has 2 aromatic carbocycles. The van der Waals surface area contributed by atoms with Crippen molar-refractivity contribution in [1.29, 1.82) is 10.5 Å².